The summed E-state index contributed by atoms with van der Waals surface area (Å²) >= 11 is 0. The molecule has 0 aliphatic heterocycles. The Labute approximate surface area is 104 Å². The molecular weight excluding hydrogens is 216 g/mol. The van der Waals surface area contributed by atoms with E-state index in [1.807, 2.05) is 18.7 Å². The average Bonchev–Trinajstić information content (AvgIpc) is 2.31. The topological polar surface area (TPSA) is 55.6 Å². The molecule has 100 valence electrons. The van der Waals surface area contributed by atoms with Gasteiger partial charge in [-0.1, -0.05) is 19.3 Å². The molecular formula is C13H26N2O2. The predicted molar refractivity (Wildman–Crippen MR) is 68.7 cm³/mol. The summed E-state index contributed by atoms with van der Waals surface area (Å²) in [4.78, 5) is 14.4. The van der Waals surface area contributed by atoms with E-state index in [9.17, 15) is 4.79 Å². The number of nitrogens with zero attached hydrogens (tertiary/aromatic N) is 1. The quantitative estimate of drug-likeness (QED) is 0.795. The fraction of sp³-hybridized carbons (Fsp3) is 0.923. The van der Waals surface area contributed by atoms with Crippen molar-refractivity contribution >= 4 is 5.91 Å². The second-order valence-corrected chi connectivity index (χ2v) is 5.11. The number of nitrogens with two attached hydrogens (primary N) is 1. The summed E-state index contributed by atoms with van der Waals surface area (Å²) in [5, 5.41) is 0. The molecule has 0 aromatic rings. The molecule has 0 heterocycles. The number of hydrogen-bond donors (Lipinski definition) is 1. The van der Waals surface area contributed by atoms with Crippen LogP contribution in [0.5, 0.6) is 0 Å². The van der Waals surface area contributed by atoms with Gasteiger partial charge in [0.2, 0.25) is 5.91 Å². The van der Waals surface area contributed by atoms with Crippen molar-refractivity contribution in [2.75, 3.05) is 20.3 Å². The van der Waals surface area contributed by atoms with Gasteiger partial charge >= 0.3 is 0 Å². The van der Waals surface area contributed by atoms with Crippen molar-refractivity contribution in [1.29, 1.82) is 0 Å². The van der Waals surface area contributed by atoms with Crippen LogP contribution in [0.4, 0.5) is 0 Å². The molecule has 4 heteroatoms. The van der Waals surface area contributed by atoms with Crippen molar-refractivity contribution in [2.45, 2.75) is 57.5 Å². The highest BCUT2D eigenvalue weighted by atomic mass is 16.5. The number of carbonyl (C=O) groups excluding carboxylic acids is 1. The van der Waals surface area contributed by atoms with Gasteiger partial charge in [-0.05, 0) is 26.7 Å². The molecule has 1 unspecified atom stereocenters. The minimum atomic E-state index is -0.629. The third-order valence-corrected chi connectivity index (χ3v) is 3.71. The maximum Gasteiger partial charge on any atom is 0.242 e. The van der Waals surface area contributed by atoms with Crippen molar-refractivity contribution in [3.63, 3.8) is 0 Å². The van der Waals surface area contributed by atoms with E-state index in [-0.39, 0.29) is 11.9 Å². The Morgan fingerprint density at radius 2 is 2.00 bits per heavy atom. The fourth-order valence-electron chi connectivity index (χ4n) is 2.67. The zero-order chi connectivity index (χ0) is 12.9. The minimum absolute atomic E-state index is 0.0971. The second kappa shape index (κ2) is 6.36. The summed E-state index contributed by atoms with van der Waals surface area (Å²) in [6.07, 6.45) is 4.98. The fourth-order valence-corrected chi connectivity index (χ4v) is 2.67. The van der Waals surface area contributed by atoms with Crippen molar-refractivity contribution in [3.8, 4) is 0 Å². The molecule has 0 radical (unpaired) electrons. The standard InChI is InChI=1S/C13H26N2O2/c1-4-15(11(2)10-17-3)12(16)13(14)8-6-5-7-9-13/h11H,4-10,14H2,1-3H3. The van der Waals surface area contributed by atoms with Crippen LogP contribution in [0.15, 0.2) is 0 Å². The van der Waals surface area contributed by atoms with Crippen molar-refractivity contribution in [1.82, 2.24) is 4.90 Å². The highest BCUT2D eigenvalue weighted by Crippen LogP contribution is 2.28. The lowest BCUT2D eigenvalue weighted by Gasteiger charge is -2.39. The molecule has 1 saturated carbocycles. The number of carbonyl (C=O) groups is 1. The molecule has 1 atom stereocenters. The molecule has 1 aliphatic carbocycles. The van der Waals surface area contributed by atoms with Gasteiger partial charge in [0.05, 0.1) is 18.2 Å². The molecule has 1 amide bonds. The van der Waals surface area contributed by atoms with E-state index < -0.39 is 5.54 Å². The molecule has 0 bridgehead atoms. The van der Waals surface area contributed by atoms with Crippen LogP contribution < -0.4 is 5.73 Å². The monoisotopic (exact) mass is 242 g/mol. The summed E-state index contributed by atoms with van der Waals surface area (Å²) in [5.41, 5.74) is 5.65. The number of amides is 1. The number of hydrogen-bond acceptors (Lipinski definition) is 3. The largest absolute Gasteiger partial charge is 0.383 e. The Kier molecular flexibility index (Phi) is 5.40. The lowest BCUT2D eigenvalue weighted by molar-refractivity contribution is -0.141. The molecule has 0 aromatic heterocycles. The third kappa shape index (κ3) is 3.42. The van der Waals surface area contributed by atoms with Crippen LogP contribution in [0.25, 0.3) is 0 Å². The SMILES string of the molecule is CCN(C(=O)C1(N)CCCCC1)C(C)COC. The van der Waals surface area contributed by atoms with Gasteiger partial charge in [-0.25, -0.2) is 0 Å². The first-order valence-corrected chi connectivity index (χ1v) is 6.64. The summed E-state index contributed by atoms with van der Waals surface area (Å²) in [6.45, 7) is 5.27. The predicted octanol–water partition coefficient (Wildman–Crippen LogP) is 1.53. The van der Waals surface area contributed by atoms with Gasteiger partial charge in [0.15, 0.2) is 0 Å². The van der Waals surface area contributed by atoms with Gasteiger partial charge in [0, 0.05) is 13.7 Å². The lowest BCUT2D eigenvalue weighted by Crippen LogP contribution is -2.58. The normalized spacial score (nSPS) is 20.9. The van der Waals surface area contributed by atoms with Gasteiger partial charge in [0.25, 0.3) is 0 Å². The number of likely N-dealkylation sites (N-methyl/N-ethyl adjacent to an activating group) is 1. The minimum Gasteiger partial charge on any atom is -0.383 e. The summed E-state index contributed by atoms with van der Waals surface area (Å²) in [6, 6.07) is 0.0971. The molecule has 1 fully saturated rings. The Balaban J connectivity index is 2.70. The molecule has 2 N–H and O–H groups in total. The van der Waals surface area contributed by atoms with Crippen LogP contribution in [0.2, 0.25) is 0 Å². The molecule has 1 rings (SSSR count). The van der Waals surface area contributed by atoms with Crippen molar-refractivity contribution < 1.29 is 9.53 Å². The third-order valence-electron chi connectivity index (χ3n) is 3.71. The van der Waals surface area contributed by atoms with E-state index in [0.717, 1.165) is 25.7 Å². The van der Waals surface area contributed by atoms with Gasteiger partial charge < -0.3 is 15.4 Å². The lowest BCUT2D eigenvalue weighted by atomic mass is 9.81. The van der Waals surface area contributed by atoms with E-state index in [1.165, 1.54) is 6.42 Å². The Hall–Kier alpha value is -0.610. The van der Waals surface area contributed by atoms with Crippen LogP contribution in [0.1, 0.15) is 46.0 Å². The Bertz CT molecular complexity index is 250. The van der Waals surface area contributed by atoms with Gasteiger partial charge in [0.1, 0.15) is 0 Å². The maximum absolute atomic E-state index is 12.5. The highest BCUT2D eigenvalue weighted by Gasteiger charge is 2.39. The van der Waals surface area contributed by atoms with E-state index in [1.54, 1.807) is 7.11 Å². The molecule has 0 spiro atoms. The van der Waals surface area contributed by atoms with Crippen LogP contribution in [0, 0.1) is 0 Å². The van der Waals surface area contributed by atoms with Crippen LogP contribution in [-0.4, -0.2) is 42.6 Å². The average molecular weight is 242 g/mol. The maximum atomic E-state index is 12.5. The summed E-state index contributed by atoms with van der Waals surface area (Å²) in [5.74, 6) is 0.101. The van der Waals surface area contributed by atoms with Crippen LogP contribution in [0.3, 0.4) is 0 Å². The van der Waals surface area contributed by atoms with Crippen LogP contribution in [-0.2, 0) is 9.53 Å². The first-order chi connectivity index (χ1) is 8.05. The number of rotatable bonds is 5. The number of ether oxygens (including phenoxy) is 1. The smallest absolute Gasteiger partial charge is 0.242 e. The second-order valence-electron chi connectivity index (χ2n) is 5.11. The van der Waals surface area contributed by atoms with Crippen molar-refractivity contribution in [2.24, 2.45) is 5.73 Å². The number of methoxy groups -OCH3 is 1. The van der Waals surface area contributed by atoms with Gasteiger partial charge in [-0.2, -0.15) is 0 Å². The van der Waals surface area contributed by atoms with Crippen molar-refractivity contribution in [3.05, 3.63) is 0 Å². The zero-order valence-corrected chi connectivity index (χ0v) is 11.4. The molecule has 0 saturated heterocycles. The highest BCUT2D eigenvalue weighted by molar-refractivity contribution is 5.86. The first-order valence-electron chi connectivity index (χ1n) is 6.64. The first kappa shape index (κ1) is 14.5. The molecule has 4 nitrogen and oxygen atoms in total. The van der Waals surface area contributed by atoms with E-state index in [2.05, 4.69) is 0 Å². The summed E-state index contributed by atoms with van der Waals surface area (Å²) < 4.78 is 5.12. The van der Waals surface area contributed by atoms with Gasteiger partial charge in [-0.15, -0.1) is 0 Å². The molecule has 0 aromatic carbocycles. The van der Waals surface area contributed by atoms with E-state index in [0.29, 0.717) is 13.2 Å². The summed E-state index contributed by atoms with van der Waals surface area (Å²) in [7, 11) is 1.66. The zero-order valence-electron chi connectivity index (χ0n) is 11.4. The molecule has 1 aliphatic rings. The van der Waals surface area contributed by atoms with E-state index in [4.69, 9.17) is 10.5 Å². The van der Waals surface area contributed by atoms with Gasteiger partial charge in [-0.3, -0.25) is 4.79 Å². The Morgan fingerprint density at radius 1 is 1.41 bits per heavy atom. The van der Waals surface area contributed by atoms with Crippen LogP contribution >= 0.6 is 0 Å². The molecule has 17 heavy (non-hydrogen) atoms. The van der Waals surface area contributed by atoms with E-state index >= 15 is 0 Å². The Morgan fingerprint density at radius 3 is 2.47 bits per heavy atom.